The van der Waals surface area contributed by atoms with Crippen molar-refractivity contribution in [3.05, 3.63) is 82.1 Å². The quantitative estimate of drug-likeness (QED) is 0.491. The number of carbonyl (C=O) groups is 1. The highest BCUT2D eigenvalue weighted by Crippen LogP contribution is 2.35. The van der Waals surface area contributed by atoms with Crippen molar-refractivity contribution in [1.29, 1.82) is 0 Å². The zero-order valence-electron chi connectivity index (χ0n) is 14.1. The van der Waals surface area contributed by atoms with Crippen molar-refractivity contribution in [1.82, 2.24) is 9.97 Å². The van der Waals surface area contributed by atoms with Gasteiger partial charge < -0.3 is 10.5 Å². The summed E-state index contributed by atoms with van der Waals surface area (Å²) in [7, 11) is 0. The number of carbonyl (C=O) groups excluding carboxylic acids is 1. The average Bonchev–Trinajstić information content (AvgIpc) is 3.07. The Morgan fingerprint density at radius 1 is 1.11 bits per heavy atom. The van der Waals surface area contributed by atoms with E-state index in [0.29, 0.717) is 16.5 Å². The van der Waals surface area contributed by atoms with Gasteiger partial charge in [-0.3, -0.25) is 9.78 Å². The molecular formula is C20H14ClN3O2S. The van der Waals surface area contributed by atoms with Gasteiger partial charge in [0.05, 0.1) is 16.4 Å². The molecule has 4 rings (SSSR count). The van der Waals surface area contributed by atoms with E-state index in [1.807, 2.05) is 18.2 Å². The third-order valence-corrected chi connectivity index (χ3v) is 5.33. The molecule has 0 unspecified atom stereocenters. The van der Waals surface area contributed by atoms with Crippen LogP contribution in [-0.4, -0.2) is 15.9 Å². The fraction of sp³-hybridized carbons (Fsp3) is 0.0500. The first-order chi connectivity index (χ1) is 13.1. The van der Waals surface area contributed by atoms with Gasteiger partial charge in [0.15, 0.2) is 0 Å². The van der Waals surface area contributed by atoms with Crippen LogP contribution in [0.1, 0.15) is 20.8 Å². The molecule has 2 N–H and O–H groups in total. The Morgan fingerprint density at radius 2 is 1.93 bits per heavy atom. The van der Waals surface area contributed by atoms with E-state index >= 15 is 0 Å². The SMILES string of the molecule is NC(=O)c1ccc(Cc2cc3nccc(Oc4ccc(Cl)nc4)c3s2)cc1. The minimum atomic E-state index is -0.425. The van der Waals surface area contributed by atoms with Crippen LogP contribution in [-0.2, 0) is 6.42 Å². The number of primary amides is 1. The van der Waals surface area contributed by atoms with Crippen LogP contribution in [0, 0.1) is 0 Å². The molecule has 0 aliphatic carbocycles. The van der Waals surface area contributed by atoms with E-state index in [4.69, 9.17) is 22.1 Å². The van der Waals surface area contributed by atoms with E-state index in [1.165, 1.54) is 0 Å². The Hall–Kier alpha value is -2.96. The number of thiophene rings is 1. The van der Waals surface area contributed by atoms with Crippen LogP contribution in [0.2, 0.25) is 5.15 Å². The molecule has 4 aromatic rings. The van der Waals surface area contributed by atoms with E-state index in [1.54, 1.807) is 48.0 Å². The van der Waals surface area contributed by atoms with E-state index in [9.17, 15) is 4.79 Å². The van der Waals surface area contributed by atoms with Gasteiger partial charge in [-0.05, 0) is 35.9 Å². The maximum Gasteiger partial charge on any atom is 0.248 e. The minimum Gasteiger partial charge on any atom is -0.454 e. The maximum atomic E-state index is 11.2. The van der Waals surface area contributed by atoms with Gasteiger partial charge in [0.25, 0.3) is 0 Å². The first-order valence-electron chi connectivity index (χ1n) is 8.14. The molecule has 27 heavy (non-hydrogen) atoms. The first-order valence-corrected chi connectivity index (χ1v) is 9.33. The lowest BCUT2D eigenvalue weighted by atomic mass is 10.1. The molecule has 3 aromatic heterocycles. The van der Waals surface area contributed by atoms with Crippen LogP contribution >= 0.6 is 22.9 Å². The molecular weight excluding hydrogens is 382 g/mol. The molecule has 0 saturated heterocycles. The highest BCUT2D eigenvalue weighted by atomic mass is 35.5. The van der Waals surface area contributed by atoms with E-state index in [2.05, 4.69) is 16.0 Å². The summed E-state index contributed by atoms with van der Waals surface area (Å²) >= 11 is 7.44. The average molecular weight is 396 g/mol. The molecule has 0 bridgehead atoms. The van der Waals surface area contributed by atoms with Gasteiger partial charge in [-0.2, -0.15) is 0 Å². The molecule has 1 amide bonds. The lowest BCUT2D eigenvalue weighted by molar-refractivity contribution is 0.100. The van der Waals surface area contributed by atoms with Gasteiger partial charge in [0.2, 0.25) is 5.91 Å². The van der Waals surface area contributed by atoms with Crippen molar-refractivity contribution in [2.45, 2.75) is 6.42 Å². The van der Waals surface area contributed by atoms with Crippen molar-refractivity contribution in [3.8, 4) is 11.5 Å². The third kappa shape index (κ3) is 3.92. The maximum absolute atomic E-state index is 11.2. The number of amides is 1. The molecule has 5 nitrogen and oxygen atoms in total. The summed E-state index contributed by atoms with van der Waals surface area (Å²) in [6.45, 7) is 0. The summed E-state index contributed by atoms with van der Waals surface area (Å²) < 4.78 is 6.92. The molecule has 0 aliphatic heterocycles. The highest BCUT2D eigenvalue weighted by Gasteiger charge is 2.11. The van der Waals surface area contributed by atoms with Gasteiger partial charge in [0, 0.05) is 29.1 Å². The standard InChI is InChI=1S/C20H14ClN3O2S/c21-18-6-5-14(11-24-18)26-17-7-8-23-16-10-15(27-19(16)17)9-12-1-3-13(4-2-12)20(22)25/h1-8,10-11H,9H2,(H2,22,25). The molecule has 0 spiro atoms. The topological polar surface area (TPSA) is 78.1 Å². The van der Waals surface area contributed by atoms with Crippen molar-refractivity contribution < 1.29 is 9.53 Å². The van der Waals surface area contributed by atoms with Crippen LogP contribution in [0.3, 0.4) is 0 Å². The molecule has 0 aliphatic rings. The molecule has 0 fully saturated rings. The highest BCUT2D eigenvalue weighted by molar-refractivity contribution is 7.19. The van der Waals surface area contributed by atoms with Crippen LogP contribution in [0.5, 0.6) is 11.5 Å². The van der Waals surface area contributed by atoms with Crippen molar-refractivity contribution in [2.24, 2.45) is 5.73 Å². The number of halogens is 1. The number of benzene rings is 1. The van der Waals surface area contributed by atoms with Gasteiger partial charge in [-0.15, -0.1) is 11.3 Å². The molecule has 1 aromatic carbocycles. The number of aromatic nitrogens is 2. The summed E-state index contributed by atoms with van der Waals surface area (Å²) in [5.41, 5.74) is 7.76. The van der Waals surface area contributed by atoms with Crippen LogP contribution in [0.4, 0.5) is 0 Å². The molecule has 3 heterocycles. The zero-order valence-corrected chi connectivity index (χ0v) is 15.6. The summed E-state index contributed by atoms with van der Waals surface area (Å²) in [4.78, 5) is 20.8. The lowest BCUT2D eigenvalue weighted by Crippen LogP contribution is -2.10. The predicted octanol–water partition coefficient (Wildman–Crippen LogP) is 4.83. The smallest absolute Gasteiger partial charge is 0.248 e. The third-order valence-electron chi connectivity index (χ3n) is 3.97. The fourth-order valence-electron chi connectivity index (χ4n) is 2.67. The van der Waals surface area contributed by atoms with Crippen molar-refractivity contribution in [3.63, 3.8) is 0 Å². The molecule has 0 radical (unpaired) electrons. The number of pyridine rings is 2. The lowest BCUT2D eigenvalue weighted by Gasteiger charge is -2.05. The monoisotopic (exact) mass is 395 g/mol. The van der Waals surface area contributed by atoms with E-state index < -0.39 is 5.91 Å². The molecule has 7 heteroatoms. The normalized spacial score (nSPS) is 10.9. The predicted molar refractivity (Wildman–Crippen MR) is 107 cm³/mol. The number of nitrogens with zero attached hydrogens (tertiary/aromatic N) is 2. The van der Waals surface area contributed by atoms with Crippen LogP contribution in [0.25, 0.3) is 10.2 Å². The van der Waals surface area contributed by atoms with E-state index in [-0.39, 0.29) is 0 Å². The van der Waals surface area contributed by atoms with Gasteiger partial charge >= 0.3 is 0 Å². The Morgan fingerprint density at radius 3 is 2.63 bits per heavy atom. The second-order valence-corrected chi connectivity index (χ2v) is 7.42. The number of fused-ring (bicyclic) bond motifs is 1. The molecule has 0 atom stereocenters. The van der Waals surface area contributed by atoms with Crippen LogP contribution in [0.15, 0.2) is 60.9 Å². The Labute approximate surface area is 164 Å². The molecule has 134 valence electrons. The Kier molecular flexibility index (Phi) is 4.75. The zero-order chi connectivity index (χ0) is 18.8. The number of rotatable bonds is 5. The summed E-state index contributed by atoms with van der Waals surface area (Å²) in [6.07, 6.45) is 4.05. The summed E-state index contributed by atoms with van der Waals surface area (Å²) in [5.74, 6) is 0.916. The number of nitrogens with two attached hydrogens (primary N) is 1. The van der Waals surface area contributed by atoms with E-state index in [0.717, 1.165) is 32.8 Å². The van der Waals surface area contributed by atoms with Gasteiger partial charge in [-0.1, -0.05) is 23.7 Å². The number of hydrogen-bond donors (Lipinski definition) is 1. The number of hydrogen-bond acceptors (Lipinski definition) is 5. The van der Waals surface area contributed by atoms with Crippen molar-refractivity contribution >= 4 is 39.1 Å². The fourth-order valence-corrected chi connectivity index (χ4v) is 3.88. The Bertz CT molecular complexity index is 1110. The van der Waals surface area contributed by atoms with Gasteiger partial charge in [0.1, 0.15) is 16.7 Å². The first kappa shape index (κ1) is 17.5. The Balaban J connectivity index is 1.60. The van der Waals surface area contributed by atoms with Crippen LogP contribution < -0.4 is 10.5 Å². The second kappa shape index (κ2) is 7.34. The second-order valence-electron chi connectivity index (χ2n) is 5.89. The largest absolute Gasteiger partial charge is 0.454 e. The number of ether oxygens (including phenoxy) is 1. The summed E-state index contributed by atoms with van der Waals surface area (Å²) in [6, 6.07) is 14.6. The van der Waals surface area contributed by atoms with Gasteiger partial charge in [-0.25, -0.2) is 4.98 Å². The summed E-state index contributed by atoms with van der Waals surface area (Å²) in [5, 5.41) is 0.419. The minimum absolute atomic E-state index is 0.419. The molecule has 0 saturated carbocycles. The van der Waals surface area contributed by atoms with Crippen molar-refractivity contribution in [2.75, 3.05) is 0 Å².